The maximum Gasteiger partial charge on any atom is 0.244 e. The van der Waals surface area contributed by atoms with Crippen LogP contribution in [0.4, 0.5) is 0 Å². The third kappa shape index (κ3) is 3.84. The smallest absolute Gasteiger partial charge is 0.244 e. The molecule has 1 aromatic heterocycles. The van der Waals surface area contributed by atoms with Gasteiger partial charge in [-0.05, 0) is 42.0 Å². The predicted octanol–water partition coefficient (Wildman–Crippen LogP) is 0.0293. The van der Waals surface area contributed by atoms with E-state index >= 15 is 0 Å². The van der Waals surface area contributed by atoms with Gasteiger partial charge in [-0.15, -0.1) is 5.10 Å². The zero-order valence-electron chi connectivity index (χ0n) is 12.9. The van der Waals surface area contributed by atoms with E-state index in [-0.39, 0.29) is 23.8 Å². The fourth-order valence-electron chi connectivity index (χ4n) is 2.01. The Balaban J connectivity index is 2.44. The maximum absolute atomic E-state index is 12.4. The van der Waals surface area contributed by atoms with Crippen LogP contribution in [0.15, 0.2) is 23.1 Å². The molecule has 0 atom stereocenters. The van der Waals surface area contributed by atoms with E-state index in [0.29, 0.717) is 24.4 Å². The van der Waals surface area contributed by atoms with Crippen molar-refractivity contribution in [1.29, 1.82) is 0 Å². The molecule has 0 aliphatic carbocycles. The molecule has 2 aromatic rings. The first-order valence-electron chi connectivity index (χ1n) is 7.08. The third-order valence-corrected chi connectivity index (χ3v) is 4.65. The standard InChI is InChI=1S/C13H19N5O4S/c1-3-18-13(15-16-17-18)10-5-6-11(22-2)12(9-10)23(20,21)14-7-4-8-19/h5-6,9,14,19H,3-4,7-8H2,1-2H3. The second-order valence-corrected chi connectivity index (χ2v) is 6.39. The number of rotatable bonds is 8. The van der Waals surface area contributed by atoms with Gasteiger partial charge in [0.2, 0.25) is 10.0 Å². The zero-order valence-corrected chi connectivity index (χ0v) is 13.7. The summed E-state index contributed by atoms with van der Waals surface area (Å²) in [6.07, 6.45) is 0.329. The van der Waals surface area contributed by atoms with Gasteiger partial charge in [-0.3, -0.25) is 0 Å². The minimum atomic E-state index is -3.77. The molecular formula is C13H19N5O4S. The minimum Gasteiger partial charge on any atom is -0.495 e. The van der Waals surface area contributed by atoms with E-state index in [9.17, 15) is 8.42 Å². The van der Waals surface area contributed by atoms with Crippen LogP contribution in [-0.4, -0.2) is 54.0 Å². The molecule has 23 heavy (non-hydrogen) atoms. The summed E-state index contributed by atoms with van der Waals surface area (Å²) < 4.78 is 34.0. The third-order valence-electron chi connectivity index (χ3n) is 3.17. The normalized spacial score (nSPS) is 11.6. The minimum absolute atomic E-state index is 0.00101. The van der Waals surface area contributed by atoms with Gasteiger partial charge >= 0.3 is 0 Å². The Morgan fingerprint density at radius 3 is 2.83 bits per heavy atom. The molecule has 0 fully saturated rings. The number of hydrogen-bond acceptors (Lipinski definition) is 7. The van der Waals surface area contributed by atoms with Crippen LogP contribution in [0.3, 0.4) is 0 Å². The van der Waals surface area contributed by atoms with Crippen molar-refractivity contribution in [2.24, 2.45) is 0 Å². The van der Waals surface area contributed by atoms with Crippen LogP contribution < -0.4 is 9.46 Å². The number of aliphatic hydroxyl groups excluding tert-OH is 1. The fraction of sp³-hybridized carbons (Fsp3) is 0.462. The number of ether oxygens (including phenoxy) is 1. The van der Waals surface area contributed by atoms with E-state index < -0.39 is 10.0 Å². The van der Waals surface area contributed by atoms with Crippen LogP contribution in [0.1, 0.15) is 13.3 Å². The average Bonchev–Trinajstić information content (AvgIpc) is 3.03. The molecule has 0 unspecified atom stereocenters. The lowest BCUT2D eigenvalue weighted by atomic mass is 10.2. The molecule has 126 valence electrons. The molecular weight excluding hydrogens is 322 g/mol. The van der Waals surface area contributed by atoms with Crippen molar-refractivity contribution in [2.75, 3.05) is 20.3 Å². The van der Waals surface area contributed by atoms with Gasteiger partial charge in [-0.2, -0.15) is 0 Å². The van der Waals surface area contributed by atoms with Gasteiger partial charge < -0.3 is 9.84 Å². The largest absolute Gasteiger partial charge is 0.495 e. The van der Waals surface area contributed by atoms with E-state index in [4.69, 9.17) is 9.84 Å². The van der Waals surface area contributed by atoms with Crippen LogP contribution in [0.2, 0.25) is 0 Å². The highest BCUT2D eigenvalue weighted by molar-refractivity contribution is 7.89. The summed E-state index contributed by atoms with van der Waals surface area (Å²) in [6, 6.07) is 4.73. The number of hydrogen-bond donors (Lipinski definition) is 2. The molecule has 0 aliphatic rings. The number of methoxy groups -OCH3 is 1. The van der Waals surface area contributed by atoms with Crippen molar-refractivity contribution >= 4 is 10.0 Å². The highest BCUT2D eigenvalue weighted by atomic mass is 32.2. The van der Waals surface area contributed by atoms with E-state index in [1.54, 1.807) is 16.8 Å². The first-order chi connectivity index (χ1) is 11.0. The molecule has 0 spiro atoms. The number of benzene rings is 1. The Bertz CT molecular complexity index is 759. The molecule has 0 bridgehead atoms. The molecule has 0 saturated carbocycles. The first-order valence-corrected chi connectivity index (χ1v) is 8.57. The zero-order chi connectivity index (χ0) is 16.9. The Hall–Kier alpha value is -2.04. The van der Waals surface area contributed by atoms with E-state index in [1.165, 1.54) is 13.2 Å². The number of nitrogens with zero attached hydrogens (tertiary/aromatic N) is 4. The Kier molecular flexibility index (Phi) is 5.64. The number of tetrazole rings is 1. The van der Waals surface area contributed by atoms with Gasteiger partial charge in [0.05, 0.1) is 7.11 Å². The summed E-state index contributed by atoms with van der Waals surface area (Å²) in [7, 11) is -2.37. The van der Waals surface area contributed by atoms with Crippen molar-refractivity contribution in [3.05, 3.63) is 18.2 Å². The molecule has 10 heteroatoms. The van der Waals surface area contributed by atoms with Crippen LogP contribution in [-0.2, 0) is 16.6 Å². The van der Waals surface area contributed by atoms with Crippen molar-refractivity contribution in [3.63, 3.8) is 0 Å². The molecule has 0 amide bonds. The van der Waals surface area contributed by atoms with Crippen molar-refractivity contribution in [1.82, 2.24) is 24.9 Å². The average molecular weight is 341 g/mol. The molecule has 0 aliphatic heterocycles. The lowest BCUT2D eigenvalue weighted by Gasteiger charge is -2.12. The lowest BCUT2D eigenvalue weighted by Crippen LogP contribution is -2.25. The quantitative estimate of drug-likeness (QED) is 0.650. The molecule has 2 N–H and O–H groups in total. The highest BCUT2D eigenvalue weighted by Crippen LogP contribution is 2.28. The maximum atomic E-state index is 12.4. The van der Waals surface area contributed by atoms with Crippen LogP contribution >= 0.6 is 0 Å². The summed E-state index contributed by atoms with van der Waals surface area (Å²) in [5.74, 6) is 0.697. The van der Waals surface area contributed by atoms with Crippen molar-refractivity contribution in [2.45, 2.75) is 24.8 Å². The predicted molar refractivity (Wildman–Crippen MR) is 82.4 cm³/mol. The SMILES string of the molecule is CCn1nnnc1-c1ccc(OC)c(S(=O)(=O)NCCCO)c1. The van der Waals surface area contributed by atoms with Gasteiger partial charge in [0, 0.05) is 25.3 Å². The van der Waals surface area contributed by atoms with Crippen molar-refractivity contribution < 1.29 is 18.3 Å². The number of aromatic nitrogens is 4. The highest BCUT2D eigenvalue weighted by Gasteiger charge is 2.21. The summed E-state index contributed by atoms with van der Waals surface area (Å²) in [6.45, 7) is 2.49. The summed E-state index contributed by atoms with van der Waals surface area (Å²) >= 11 is 0. The number of aliphatic hydroxyl groups is 1. The van der Waals surface area contributed by atoms with Gasteiger partial charge in [-0.25, -0.2) is 17.8 Å². The Morgan fingerprint density at radius 1 is 1.39 bits per heavy atom. The van der Waals surface area contributed by atoms with Gasteiger partial charge in [-0.1, -0.05) is 0 Å². The summed E-state index contributed by atoms with van der Waals surface area (Å²) in [5, 5.41) is 20.1. The van der Waals surface area contributed by atoms with Crippen LogP contribution in [0.25, 0.3) is 11.4 Å². The monoisotopic (exact) mass is 341 g/mol. The number of nitrogens with one attached hydrogen (secondary N) is 1. The van der Waals surface area contributed by atoms with Gasteiger partial charge in [0.1, 0.15) is 10.6 Å². The van der Waals surface area contributed by atoms with E-state index in [2.05, 4.69) is 20.2 Å². The van der Waals surface area contributed by atoms with Gasteiger partial charge in [0.25, 0.3) is 0 Å². The fourth-order valence-corrected chi connectivity index (χ4v) is 3.28. The molecule has 1 aromatic carbocycles. The van der Waals surface area contributed by atoms with E-state index in [1.807, 2.05) is 6.92 Å². The van der Waals surface area contributed by atoms with Crippen LogP contribution in [0.5, 0.6) is 5.75 Å². The second kappa shape index (κ2) is 7.49. The Labute approximate surface area is 134 Å². The molecule has 9 nitrogen and oxygen atoms in total. The molecule has 0 radical (unpaired) electrons. The topological polar surface area (TPSA) is 119 Å². The van der Waals surface area contributed by atoms with Crippen LogP contribution in [0, 0.1) is 0 Å². The number of aryl methyl sites for hydroxylation is 1. The van der Waals surface area contributed by atoms with Crippen molar-refractivity contribution in [3.8, 4) is 17.1 Å². The summed E-state index contributed by atoms with van der Waals surface area (Å²) in [5.41, 5.74) is 0.570. The first kappa shape index (κ1) is 17.3. The Morgan fingerprint density at radius 2 is 2.17 bits per heavy atom. The summed E-state index contributed by atoms with van der Waals surface area (Å²) in [4.78, 5) is 0.00101. The molecule has 2 rings (SSSR count). The second-order valence-electron chi connectivity index (χ2n) is 4.66. The van der Waals surface area contributed by atoms with E-state index in [0.717, 1.165) is 0 Å². The van der Waals surface area contributed by atoms with Gasteiger partial charge in [0.15, 0.2) is 5.82 Å². The molecule has 1 heterocycles. The number of sulfonamides is 1. The lowest BCUT2D eigenvalue weighted by molar-refractivity contribution is 0.289. The molecule has 0 saturated heterocycles.